The first kappa shape index (κ1) is 21.5. The van der Waals surface area contributed by atoms with Crippen LogP contribution in [-0.4, -0.2) is 23.1 Å². The topological polar surface area (TPSA) is 65.5 Å². The summed E-state index contributed by atoms with van der Waals surface area (Å²) in [7, 11) is 0. The van der Waals surface area contributed by atoms with E-state index in [9.17, 15) is 27.2 Å². The Morgan fingerprint density at radius 3 is 2.62 bits per heavy atom. The lowest BCUT2D eigenvalue weighted by Crippen LogP contribution is -2.18. The third-order valence-electron chi connectivity index (χ3n) is 4.97. The number of halogens is 4. The van der Waals surface area contributed by atoms with Crippen molar-refractivity contribution in [3.8, 4) is 11.5 Å². The summed E-state index contributed by atoms with van der Waals surface area (Å²) >= 11 is 0. The summed E-state index contributed by atoms with van der Waals surface area (Å²) in [5.74, 6) is -3.33. The van der Waals surface area contributed by atoms with Crippen LogP contribution >= 0.6 is 0 Å². The number of ether oxygens (including phenoxy) is 2. The van der Waals surface area contributed by atoms with Gasteiger partial charge < -0.3 is 9.47 Å². The number of esters is 1. The Hall–Kier alpha value is -3.75. The van der Waals surface area contributed by atoms with Crippen LogP contribution in [0.5, 0.6) is 11.5 Å². The predicted octanol–water partition coefficient (Wildman–Crippen LogP) is 4.99. The fourth-order valence-electron chi connectivity index (χ4n) is 3.50. The van der Waals surface area contributed by atoms with Gasteiger partial charge in [0.15, 0.2) is 17.3 Å². The lowest BCUT2D eigenvalue weighted by molar-refractivity contribution is -0.275. The van der Waals surface area contributed by atoms with Crippen molar-refractivity contribution in [3.63, 3.8) is 0 Å². The minimum absolute atomic E-state index is 0.131. The van der Waals surface area contributed by atoms with Crippen LogP contribution in [0.25, 0.3) is 0 Å². The molecule has 0 unspecified atom stereocenters. The molecule has 0 saturated heterocycles. The summed E-state index contributed by atoms with van der Waals surface area (Å²) in [6.07, 6.45) is -3.54. The average Bonchev–Trinajstić information content (AvgIpc) is 3.12. The van der Waals surface area contributed by atoms with Crippen molar-refractivity contribution in [2.24, 2.45) is 0 Å². The molecule has 9 heteroatoms. The number of carbonyl (C=O) groups is 2. The minimum atomic E-state index is -5.03. The number of hydrogen-bond acceptors (Lipinski definition) is 5. The number of fused-ring (bicyclic) bond motifs is 1. The number of rotatable bonds is 6. The lowest BCUT2D eigenvalue weighted by Gasteiger charge is -2.18. The third-order valence-corrected chi connectivity index (χ3v) is 4.97. The number of aromatic nitrogens is 1. The van der Waals surface area contributed by atoms with Crippen LogP contribution in [0.15, 0.2) is 60.8 Å². The third kappa shape index (κ3) is 4.77. The number of pyridine rings is 1. The van der Waals surface area contributed by atoms with Gasteiger partial charge in [-0.15, -0.1) is 13.2 Å². The van der Waals surface area contributed by atoms with Crippen LogP contribution in [0.1, 0.15) is 39.5 Å². The largest absolute Gasteiger partial charge is 0.573 e. The highest BCUT2D eigenvalue weighted by Gasteiger charge is 2.33. The molecule has 5 nitrogen and oxygen atoms in total. The Balaban J connectivity index is 1.64. The Morgan fingerprint density at radius 2 is 1.94 bits per heavy atom. The highest BCUT2D eigenvalue weighted by molar-refractivity contribution is 5.98. The van der Waals surface area contributed by atoms with Crippen molar-refractivity contribution in [3.05, 3.63) is 89.0 Å². The summed E-state index contributed by atoms with van der Waals surface area (Å²) in [5, 5.41) is 0. The monoisotopic (exact) mass is 445 g/mol. The molecular formula is C23H15F4NO4. The molecule has 0 amide bonds. The number of ketones is 1. The van der Waals surface area contributed by atoms with E-state index in [4.69, 9.17) is 4.74 Å². The fourth-order valence-corrected chi connectivity index (χ4v) is 3.50. The molecule has 1 atom stereocenters. The summed E-state index contributed by atoms with van der Waals surface area (Å²) in [5.41, 5.74) is 1.67. The number of benzene rings is 2. The molecule has 0 radical (unpaired) electrons. The van der Waals surface area contributed by atoms with Crippen molar-refractivity contribution in [1.29, 1.82) is 0 Å². The number of hydrogen-bond donors (Lipinski definition) is 0. The fraction of sp³-hybridized carbons (Fsp3) is 0.174. The summed E-state index contributed by atoms with van der Waals surface area (Å²) in [4.78, 5) is 28.7. The van der Waals surface area contributed by atoms with Gasteiger partial charge in [-0.25, -0.2) is 4.39 Å². The molecule has 32 heavy (non-hydrogen) atoms. The van der Waals surface area contributed by atoms with Crippen molar-refractivity contribution in [1.82, 2.24) is 4.98 Å². The maximum atomic E-state index is 14.3. The van der Waals surface area contributed by atoms with E-state index in [1.54, 1.807) is 30.3 Å². The van der Waals surface area contributed by atoms with Gasteiger partial charge in [0, 0.05) is 35.4 Å². The van der Waals surface area contributed by atoms with E-state index < -0.39 is 29.8 Å². The summed E-state index contributed by atoms with van der Waals surface area (Å²) < 4.78 is 60.4. The highest BCUT2D eigenvalue weighted by atomic mass is 19.4. The molecule has 0 saturated carbocycles. The molecule has 0 spiro atoms. The number of nitrogens with zero attached hydrogens (tertiary/aromatic N) is 1. The Kier molecular flexibility index (Phi) is 5.65. The molecule has 0 N–H and O–H groups in total. The zero-order valence-electron chi connectivity index (χ0n) is 16.4. The Labute approximate surface area is 179 Å². The second-order valence-corrected chi connectivity index (χ2v) is 7.15. The zero-order valence-corrected chi connectivity index (χ0v) is 16.4. The second kappa shape index (κ2) is 8.41. The number of alkyl halides is 3. The van der Waals surface area contributed by atoms with E-state index in [-0.39, 0.29) is 29.8 Å². The van der Waals surface area contributed by atoms with Gasteiger partial charge in [-0.2, -0.15) is 0 Å². The molecule has 0 fully saturated rings. The second-order valence-electron chi connectivity index (χ2n) is 7.15. The maximum Gasteiger partial charge on any atom is 0.573 e. The maximum absolute atomic E-state index is 14.3. The first-order valence-corrected chi connectivity index (χ1v) is 9.52. The van der Waals surface area contributed by atoms with Gasteiger partial charge in [0.05, 0.1) is 6.42 Å². The Morgan fingerprint density at radius 1 is 1.12 bits per heavy atom. The molecule has 0 aliphatic carbocycles. The van der Waals surface area contributed by atoms with E-state index in [1.807, 2.05) is 0 Å². The zero-order chi connectivity index (χ0) is 22.9. The van der Waals surface area contributed by atoms with Gasteiger partial charge in [-0.3, -0.25) is 14.6 Å². The van der Waals surface area contributed by atoms with Gasteiger partial charge in [-0.1, -0.05) is 24.3 Å². The quantitative estimate of drug-likeness (QED) is 0.232. The molecule has 4 rings (SSSR count). The number of Topliss-reactive ketones (excluding diaryl/α,β-unsaturated/α-hetero) is 1. The van der Waals surface area contributed by atoms with Gasteiger partial charge in [-0.05, 0) is 35.9 Å². The summed E-state index contributed by atoms with van der Waals surface area (Å²) in [6.45, 7) is 0. The minimum Gasteiger partial charge on any atom is -0.426 e. The smallest absolute Gasteiger partial charge is 0.426 e. The molecule has 1 aromatic heterocycles. The molecule has 1 aliphatic rings. The first-order valence-electron chi connectivity index (χ1n) is 9.52. The van der Waals surface area contributed by atoms with E-state index in [2.05, 4.69) is 9.72 Å². The highest BCUT2D eigenvalue weighted by Crippen LogP contribution is 2.34. The van der Waals surface area contributed by atoms with Crippen molar-refractivity contribution >= 4 is 11.8 Å². The van der Waals surface area contributed by atoms with Crippen molar-refractivity contribution < 1.29 is 36.6 Å². The van der Waals surface area contributed by atoms with Gasteiger partial charge in [0.2, 0.25) is 0 Å². The molecule has 2 aromatic carbocycles. The number of carbonyl (C=O) groups excluding carboxylic acids is 2. The van der Waals surface area contributed by atoms with Crippen LogP contribution in [0.4, 0.5) is 17.6 Å². The van der Waals surface area contributed by atoms with Crippen LogP contribution in [0.2, 0.25) is 0 Å². The molecule has 0 bridgehead atoms. The Bertz CT molecular complexity index is 1180. The van der Waals surface area contributed by atoms with Gasteiger partial charge in [0.25, 0.3) is 0 Å². The van der Waals surface area contributed by atoms with E-state index in [1.165, 1.54) is 18.3 Å². The standard InChI is InChI=1S/C23H15F4NO4/c24-17-9-13(6-7-20(17)32-23(25,26)27)16(18-3-1-2-8-28-18)12-19(29)14-4-5-15-11-22(30)31-21(15)10-14/h1-10,16H,11-12H2/t16-/m0/s1. The molecule has 1 aliphatic heterocycles. The predicted molar refractivity (Wildman–Crippen MR) is 104 cm³/mol. The molecule has 164 valence electrons. The lowest BCUT2D eigenvalue weighted by atomic mass is 9.88. The van der Waals surface area contributed by atoms with Crippen molar-refractivity contribution in [2.75, 3.05) is 0 Å². The molecule has 2 heterocycles. The van der Waals surface area contributed by atoms with Crippen LogP contribution in [-0.2, 0) is 11.2 Å². The SMILES string of the molecule is O=C1Cc2ccc(C(=O)C[C@@H](c3ccc(OC(F)(F)F)c(F)c3)c3ccccn3)cc2O1. The first-order chi connectivity index (χ1) is 15.2. The normalized spacial score (nSPS) is 13.9. The van der Waals surface area contributed by atoms with Crippen molar-refractivity contribution in [2.45, 2.75) is 25.1 Å². The van der Waals surface area contributed by atoms with Crippen LogP contribution < -0.4 is 9.47 Å². The molecular weight excluding hydrogens is 430 g/mol. The van der Waals surface area contributed by atoms with Crippen LogP contribution in [0, 0.1) is 5.82 Å². The van der Waals surface area contributed by atoms with E-state index in [0.717, 1.165) is 12.1 Å². The van der Waals surface area contributed by atoms with Gasteiger partial charge >= 0.3 is 12.3 Å². The van der Waals surface area contributed by atoms with E-state index >= 15 is 0 Å². The van der Waals surface area contributed by atoms with E-state index in [0.29, 0.717) is 17.0 Å². The molecule has 3 aromatic rings. The van der Waals surface area contributed by atoms with Crippen LogP contribution in [0.3, 0.4) is 0 Å². The van der Waals surface area contributed by atoms with Gasteiger partial charge in [0.1, 0.15) is 5.75 Å². The summed E-state index contributed by atoms with van der Waals surface area (Å²) in [6, 6.07) is 12.7. The average molecular weight is 445 g/mol.